The quantitative estimate of drug-likeness (QED) is 0.536. The lowest BCUT2D eigenvalue weighted by Gasteiger charge is -2.37. The normalized spacial score (nSPS) is 23.6. The molecular weight excluding hydrogens is 405 g/mol. The van der Waals surface area contributed by atoms with Gasteiger partial charge in [-0.25, -0.2) is 9.38 Å². The Balaban J connectivity index is 1.41. The number of aliphatic imine (C=N–C) groups is 1. The van der Waals surface area contributed by atoms with E-state index < -0.39 is 0 Å². The van der Waals surface area contributed by atoms with E-state index in [0.717, 1.165) is 37.2 Å². The SMILES string of the molecule is C[C@H]1CN(Cc2ccc(F)c(C3=NC(NCCc4cccc(O)c4)NC=C3)c2)[C@@H](C)CN1. The van der Waals surface area contributed by atoms with E-state index in [2.05, 4.69) is 39.7 Å². The van der Waals surface area contributed by atoms with Crippen LogP contribution in [0, 0.1) is 5.82 Å². The van der Waals surface area contributed by atoms with Crippen molar-refractivity contribution in [1.29, 1.82) is 0 Å². The predicted octanol–water partition coefficient (Wildman–Crippen LogP) is 2.74. The number of nitrogens with zero attached hydrogens (tertiary/aromatic N) is 2. The van der Waals surface area contributed by atoms with E-state index in [1.165, 1.54) is 0 Å². The van der Waals surface area contributed by atoms with Gasteiger partial charge < -0.3 is 15.7 Å². The van der Waals surface area contributed by atoms with E-state index in [9.17, 15) is 9.50 Å². The maximum atomic E-state index is 14.7. The Bertz CT molecular complexity index is 992. The van der Waals surface area contributed by atoms with Crippen LogP contribution in [0.2, 0.25) is 0 Å². The molecule has 0 amide bonds. The summed E-state index contributed by atoms with van der Waals surface area (Å²) in [5.41, 5.74) is 3.28. The van der Waals surface area contributed by atoms with Crippen LogP contribution in [0.4, 0.5) is 4.39 Å². The summed E-state index contributed by atoms with van der Waals surface area (Å²) < 4.78 is 14.7. The highest BCUT2D eigenvalue weighted by molar-refractivity contribution is 6.09. The van der Waals surface area contributed by atoms with Gasteiger partial charge in [-0.05, 0) is 61.7 Å². The second-order valence-corrected chi connectivity index (χ2v) is 8.69. The van der Waals surface area contributed by atoms with Gasteiger partial charge in [-0.3, -0.25) is 10.2 Å². The van der Waals surface area contributed by atoms with E-state index >= 15 is 0 Å². The molecule has 1 saturated heterocycles. The van der Waals surface area contributed by atoms with Gasteiger partial charge >= 0.3 is 0 Å². The summed E-state index contributed by atoms with van der Waals surface area (Å²) in [6.07, 6.45) is 4.04. The van der Waals surface area contributed by atoms with Gasteiger partial charge in [-0.2, -0.15) is 0 Å². The highest BCUT2D eigenvalue weighted by atomic mass is 19.1. The number of phenolic OH excluding ortho intramolecular Hbond substituents is 1. The van der Waals surface area contributed by atoms with Crippen LogP contribution in [0.5, 0.6) is 5.75 Å². The smallest absolute Gasteiger partial charge is 0.174 e. The topological polar surface area (TPSA) is 71.9 Å². The van der Waals surface area contributed by atoms with Crippen LogP contribution in [0.25, 0.3) is 0 Å². The van der Waals surface area contributed by atoms with Gasteiger partial charge in [0, 0.05) is 50.0 Å². The zero-order chi connectivity index (χ0) is 22.5. The minimum Gasteiger partial charge on any atom is -0.508 e. The second-order valence-electron chi connectivity index (χ2n) is 8.69. The molecule has 2 heterocycles. The van der Waals surface area contributed by atoms with E-state index in [1.54, 1.807) is 24.4 Å². The number of hydrogen-bond donors (Lipinski definition) is 4. The Morgan fingerprint density at radius 3 is 2.91 bits per heavy atom. The molecule has 0 spiro atoms. The lowest BCUT2D eigenvalue weighted by atomic mass is 10.0. The van der Waals surface area contributed by atoms with E-state index in [-0.39, 0.29) is 17.9 Å². The average Bonchev–Trinajstić information content (AvgIpc) is 2.78. The van der Waals surface area contributed by atoms with Crippen molar-refractivity contribution in [1.82, 2.24) is 20.9 Å². The number of phenols is 1. The lowest BCUT2D eigenvalue weighted by molar-refractivity contribution is 0.139. The first-order valence-corrected chi connectivity index (χ1v) is 11.3. The molecule has 4 rings (SSSR count). The van der Waals surface area contributed by atoms with E-state index in [0.29, 0.717) is 29.9 Å². The van der Waals surface area contributed by atoms with Crippen LogP contribution in [0.1, 0.15) is 30.5 Å². The second kappa shape index (κ2) is 10.3. The highest BCUT2D eigenvalue weighted by Crippen LogP contribution is 2.18. The molecule has 32 heavy (non-hydrogen) atoms. The van der Waals surface area contributed by atoms with Crippen molar-refractivity contribution >= 4 is 5.71 Å². The van der Waals surface area contributed by atoms with Crippen LogP contribution in [-0.2, 0) is 13.0 Å². The molecule has 2 aromatic carbocycles. The summed E-state index contributed by atoms with van der Waals surface area (Å²) in [5, 5.41) is 19.6. The number of aromatic hydroxyl groups is 1. The molecule has 0 saturated carbocycles. The van der Waals surface area contributed by atoms with Gasteiger partial charge in [0.2, 0.25) is 0 Å². The van der Waals surface area contributed by atoms with Crippen molar-refractivity contribution in [2.45, 2.75) is 45.2 Å². The summed E-state index contributed by atoms with van der Waals surface area (Å²) in [6.45, 7) is 7.82. The van der Waals surface area contributed by atoms with E-state index in [1.807, 2.05) is 30.3 Å². The van der Waals surface area contributed by atoms with Crippen molar-refractivity contribution in [3.05, 3.63) is 77.2 Å². The van der Waals surface area contributed by atoms with Gasteiger partial charge in [-0.15, -0.1) is 0 Å². The maximum Gasteiger partial charge on any atom is 0.174 e. The molecule has 2 aromatic rings. The van der Waals surface area contributed by atoms with E-state index in [4.69, 9.17) is 0 Å². The fourth-order valence-corrected chi connectivity index (χ4v) is 4.19. The molecule has 1 unspecified atom stereocenters. The molecule has 0 radical (unpaired) electrons. The van der Waals surface area contributed by atoms with Gasteiger partial charge in [0.1, 0.15) is 11.6 Å². The number of allylic oxidation sites excluding steroid dienone is 1. The molecule has 1 fully saturated rings. The number of hydrogen-bond acceptors (Lipinski definition) is 6. The molecule has 7 heteroatoms. The number of halogens is 1. The van der Waals surface area contributed by atoms with Crippen LogP contribution in [0.3, 0.4) is 0 Å². The van der Waals surface area contributed by atoms with Crippen molar-refractivity contribution in [2.75, 3.05) is 19.6 Å². The number of rotatable bonds is 7. The van der Waals surface area contributed by atoms with Crippen LogP contribution >= 0.6 is 0 Å². The predicted molar refractivity (Wildman–Crippen MR) is 126 cm³/mol. The van der Waals surface area contributed by atoms with Crippen molar-refractivity contribution in [3.8, 4) is 5.75 Å². The molecule has 0 aliphatic carbocycles. The van der Waals surface area contributed by atoms with Crippen LogP contribution in [-0.4, -0.2) is 53.7 Å². The minimum absolute atomic E-state index is 0.265. The Labute approximate surface area is 189 Å². The largest absolute Gasteiger partial charge is 0.508 e. The average molecular weight is 438 g/mol. The molecule has 6 nitrogen and oxygen atoms in total. The highest BCUT2D eigenvalue weighted by Gasteiger charge is 2.23. The fraction of sp³-hybridized carbons (Fsp3) is 0.400. The molecule has 170 valence electrons. The zero-order valence-electron chi connectivity index (χ0n) is 18.7. The monoisotopic (exact) mass is 437 g/mol. The third kappa shape index (κ3) is 5.73. The molecular formula is C25H32FN5O. The summed E-state index contributed by atoms with van der Waals surface area (Å²) in [5.74, 6) is 0.000782. The van der Waals surface area contributed by atoms with Gasteiger partial charge in [0.15, 0.2) is 6.29 Å². The molecule has 2 aliphatic rings. The van der Waals surface area contributed by atoms with Crippen molar-refractivity contribution < 1.29 is 9.50 Å². The molecule has 2 aliphatic heterocycles. The van der Waals surface area contributed by atoms with Gasteiger partial charge in [0.05, 0.1) is 5.71 Å². The lowest BCUT2D eigenvalue weighted by Crippen LogP contribution is -2.53. The molecule has 0 aromatic heterocycles. The first-order chi connectivity index (χ1) is 15.5. The molecule has 3 atom stereocenters. The number of piperazine rings is 1. The third-order valence-corrected chi connectivity index (χ3v) is 6.01. The Hall–Kier alpha value is -2.74. The first-order valence-electron chi connectivity index (χ1n) is 11.3. The van der Waals surface area contributed by atoms with Gasteiger partial charge in [-0.1, -0.05) is 18.2 Å². The summed E-state index contributed by atoms with van der Waals surface area (Å²) >= 11 is 0. The van der Waals surface area contributed by atoms with Crippen LogP contribution in [0.15, 0.2) is 59.7 Å². The molecule has 0 bridgehead atoms. The molecule has 4 N–H and O–H groups in total. The summed E-state index contributed by atoms with van der Waals surface area (Å²) in [6, 6.07) is 13.5. The Morgan fingerprint density at radius 1 is 1.19 bits per heavy atom. The summed E-state index contributed by atoms with van der Waals surface area (Å²) in [7, 11) is 0. The first kappa shape index (κ1) is 22.5. The maximum absolute atomic E-state index is 14.7. The van der Waals surface area contributed by atoms with Gasteiger partial charge in [0.25, 0.3) is 0 Å². The Morgan fingerprint density at radius 2 is 2.06 bits per heavy atom. The minimum atomic E-state index is -0.329. The number of nitrogens with one attached hydrogen (secondary N) is 3. The van der Waals surface area contributed by atoms with Crippen molar-refractivity contribution in [2.24, 2.45) is 4.99 Å². The standard InChI is InChI=1S/C25H32FN5O/c1-17-15-31(18(2)14-29-17)16-20-6-7-23(26)22(13-20)24-9-11-28-25(30-24)27-10-8-19-4-3-5-21(32)12-19/h3-7,9,11-13,17-18,25,27-29,32H,8,10,14-16H2,1-2H3/t17-,18-,25?/m0/s1. The Kier molecular flexibility index (Phi) is 7.19. The van der Waals surface area contributed by atoms with Crippen LogP contribution < -0.4 is 16.0 Å². The zero-order valence-corrected chi connectivity index (χ0v) is 18.7. The number of benzene rings is 2. The van der Waals surface area contributed by atoms with Crippen molar-refractivity contribution in [3.63, 3.8) is 0 Å². The third-order valence-electron chi connectivity index (χ3n) is 6.01. The fourth-order valence-electron chi connectivity index (χ4n) is 4.19. The summed E-state index contributed by atoms with van der Waals surface area (Å²) in [4.78, 5) is 7.11.